The molecule has 0 aliphatic rings. The molecule has 3 N–H and O–H groups in total. The van der Waals surface area contributed by atoms with E-state index < -0.39 is 5.54 Å². The number of nitrogens with zero attached hydrogens (tertiary/aromatic N) is 1. The SMILES string of the molecule is Cc1ccc(NCC(=O)NC(C)(C#N)C(C)C)cc1C(=O)NC(C)C. The van der Waals surface area contributed by atoms with Gasteiger partial charge in [0.25, 0.3) is 5.91 Å². The fourth-order valence-corrected chi connectivity index (χ4v) is 2.13. The Morgan fingerprint density at radius 1 is 1.24 bits per heavy atom. The smallest absolute Gasteiger partial charge is 0.251 e. The van der Waals surface area contributed by atoms with Gasteiger partial charge in [0.2, 0.25) is 5.91 Å². The Kier molecular flexibility index (Phi) is 6.98. The molecule has 0 bridgehead atoms. The predicted octanol–water partition coefficient (Wildman–Crippen LogP) is 2.60. The number of hydrogen-bond donors (Lipinski definition) is 3. The minimum Gasteiger partial charge on any atom is -0.376 e. The van der Waals surface area contributed by atoms with Crippen LogP contribution in [0.2, 0.25) is 0 Å². The van der Waals surface area contributed by atoms with Gasteiger partial charge in [-0.1, -0.05) is 19.9 Å². The summed E-state index contributed by atoms with van der Waals surface area (Å²) in [6, 6.07) is 7.58. The molecular weight excluding hydrogens is 316 g/mol. The number of benzene rings is 1. The summed E-state index contributed by atoms with van der Waals surface area (Å²) in [5, 5.41) is 17.9. The topological polar surface area (TPSA) is 94.0 Å². The van der Waals surface area contributed by atoms with Crippen LogP contribution in [0, 0.1) is 24.2 Å². The summed E-state index contributed by atoms with van der Waals surface area (Å²) < 4.78 is 0. The summed E-state index contributed by atoms with van der Waals surface area (Å²) in [5.74, 6) is -0.420. The molecule has 2 amide bonds. The third kappa shape index (κ3) is 5.79. The first kappa shape index (κ1) is 20.5. The number of anilines is 1. The number of rotatable bonds is 7. The monoisotopic (exact) mass is 344 g/mol. The Bertz CT molecular complexity index is 676. The van der Waals surface area contributed by atoms with Crippen LogP contribution in [-0.4, -0.2) is 29.9 Å². The molecule has 6 heteroatoms. The molecule has 1 atom stereocenters. The van der Waals surface area contributed by atoms with E-state index in [1.807, 2.05) is 46.8 Å². The Balaban J connectivity index is 2.77. The summed E-state index contributed by atoms with van der Waals surface area (Å²) in [4.78, 5) is 24.3. The standard InChI is InChI=1S/C19H28N4O2/c1-12(2)19(6,11-20)23-17(24)10-21-15-8-7-14(5)16(9-15)18(25)22-13(3)4/h7-9,12-13,21H,10H2,1-6H3,(H,22,25)(H,23,24). The molecule has 1 aromatic rings. The Labute approximate surface area is 150 Å². The lowest BCUT2D eigenvalue weighted by Crippen LogP contribution is -2.50. The molecule has 0 spiro atoms. The van der Waals surface area contributed by atoms with Crippen molar-refractivity contribution in [1.29, 1.82) is 5.26 Å². The van der Waals surface area contributed by atoms with Gasteiger partial charge in [-0.3, -0.25) is 9.59 Å². The third-order valence-corrected chi connectivity index (χ3v) is 4.14. The Hall–Kier alpha value is -2.55. The molecular formula is C19H28N4O2. The molecule has 0 aromatic heterocycles. The van der Waals surface area contributed by atoms with Crippen LogP contribution in [0.1, 0.15) is 50.5 Å². The maximum Gasteiger partial charge on any atom is 0.251 e. The molecule has 6 nitrogen and oxygen atoms in total. The molecule has 0 fully saturated rings. The summed E-state index contributed by atoms with van der Waals surface area (Å²) in [6.45, 7) is 11.2. The molecule has 1 unspecified atom stereocenters. The van der Waals surface area contributed by atoms with Crippen LogP contribution in [0.15, 0.2) is 18.2 Å². The molecule has 0 saturated heterocycles. The van der Waals surface area contributed by atoms with Crippen molar-refractivity contribution in [2.24, 2.45) is 5.92 Å². The van der Waals surface area contributed by atoms with E-state index in [0.717, 1.165) is 5.56 Å². The summed E-state index contributed by atoms with van der Waals surface area (Å²) in [7, 11) is 0. The highest BCUT2D eigenvalue weighted by molar-refractivity contribution is 5.96. The normalized spacial score (nSPS) is 13.1. The molecule has 0 saturated carbocycles. The summed E-state index contributed by atoms with van der Waals surface area (Å²) >= 11 is 0. The lowest BCUT2D eigenvalue weighted by Gasteiger charge is -2.27. The minimum absolute atomic E-state index is 0.00726. The second kappa shape index (κ2) is 8.52. The van der Waals surface area contributed by atoms with Crippen LogP contribution in [0.3, 0.4) is 0 Å². The number of aryl methyl sites for hydroxylation is 1. The average Bonchev–Trinajstić information content (AvgIpc) is 2.52. The maximum atomic E-state index is 12.2. The van der Waals surface area contributed by atoms with Crippen molar-refractivity contribution in [3.8, 4) is 6.07 Å². The van der Waals surface area contributed by atoms with E-state index in [9.17, 15) is 14.9 Å². The number of hydrogen-bond acceptors (Lipinski definition) is 4. The van der Waals surface area contributed by atoms with Crippen molar-refractivity contribution in [2.45, 2.75) is 53.1 Å². The lowest BCUT2D eigenvalue weighted by molar-refractivity contribution is -0.121. The molecule has 1 rings (SSSR count). The molecule has 0 aliphatic heterocycles. The highest BCUT2D eigenvalue weighted by atomic mass is 16.2. The van der Waals surface area contributed by atoms with Crippen LogP contribution >= 0.6 is 0 Å². The quantitative estimate of drug-likeness (QED) is 0.709. The number of nitrogens with one attached hydrogen (secondary N) is 3. The van der Waals surface area contributed by atoms with Crippen LogP contribution in [0.25, 0.3) is 0 Å². The first-order valence-electron chi connectivity index (χ1n) is 8.46. The van der Waals surface area contributed by atoms with Crippen molar-refractivity contribution in [1.82, 2.24) is 10.6 Å². The average molecular weight is 344 g/mol. The molecule has 1 aromatic carbocycles. The molecule has 25 heavy (non-hydrogen) atoms. The van der Waals surface area contributed by atoms with Gasteiger partial charge in [0.05, 0.1) is 12.6 Å². The van der Waals surface area contributed by atoms with E-state index in [0.29, 0.717) is 11.3 Å². The van der Waals surface area contributed by atoms with E-state index in [1.165, 1.54) is 0 Å². The zero-order valence-corrected chi connectivity index (χ0v) is 15.9. The summed E-state index contributed by atoms with van der Waals surface area (Å²) in [6.07, 6.45) is 0. The van der Waals surface area contributed by atoms with Crippen molar-refractivity contribution in [3.63, 3.8) is 0 Å². The van der Waals surface area contributed by atoms with E-state index in [1.54, 1.807) is 13.0 Å². The van der Waals surface area contributed by atoms with Crippen molar-refractivity contribution < 1.29 is 9.59 Å². The number of carbonyl (C=O) groups excluding carboxylic acids is 2. The number of amides is 2. The molecule has 0 radical (unpaired) electrons. The third-order valence-electron chi connectivity index (χ3n) is 4.14. The van der Waals surface area contributed by atoms with Gasteiger partial charge in [-0.2, -0.15) is 5.26 Å². The van der Waals surface area contributed by atoms with Gasteiger partial charge in [-0.15, -0.1) is 0 Å². The molecule has 0 heterocycles. The van der Waals surface area contributed by atoms with Gasteiger partial charge in [0.15, 0.2) is 0 Å². The second-order valence-electron chi connectivity index (χ2n) is 7.03. The Morgan fingerprint density at radius 3 is 2.40 bits per heavy atom. The highest BCUT2D eigenvalue weighted by Crippen LogP contribution is 2.17. The van der Waals surface area contributed by atoms with Gasteiger partial charge in [0.1, 0.15) is 5.54 Å². The largest absolute Gasteiger partial charge is 0.376 e. The minimum atomic E-state index is -0.908. The van der Waals surface area contributed by atoms with E-state index >= 15 is 0 Å². The fraction of sp³-hybridized carbons (Fsp3) is 0.526. The highest BCUT2D eigenvalue weighted by Gasteiger charge is 2.29. The zero-order chi connectivity index (χ0) is 19.2. The number of nitriles is 1. The van der Waals surface area contributed by atoms with Crippen LogP contribution < -0.4 is 16.0 Å². The zero-order valence-electron chi connectivity index (χ0n) is 15.9. The van der Waals surface area contributed by atoms with Crippen LogP contribution in [0.5, 0.6) is 0 Å². The van der Waals surface area contributed by atoms with Gasteiger partial charge >= 0.3 is 0 Å². The first-order valence-corrected chi connectivity index (χ1v) is 8.46. The van der Waals surface area contributed by atoms with Crippen molar-refractivity contribution >= 4 is 17.5 Å². The number of carbonyl (C=O) groups is 2. The fourth-order valence-electron chi connectivity index (χ4n) is 2.13. The molecule has 0 aliphatic carbocycles. The van der Waals surface area contributed by atoms with Gasteiger partial charge in [-0.25, -0.2) is 0 Å². The van der Waals surface area contributed by atoms with Crippen LogP contribution in [0.4, 0.5) is 5.69 Å². The van der Waals surface area contributed by atoms with Crippen LogP contribution in [-0.2, 0) is 4.79 Å². The Morgan fingerprint density at radius 2 is 1.88 bits per heavy atom. The maximum absolute atomic E-state index is 12.2. The molecule has 136 valence electrons. The second-order valence-corrected chi connectivity index (χ2v) is 7.03. The predicted molar refractivity (Wildman–Crippen MR) is 99.3 cm³/mol. The summed E-state index contributed by atoms with van der Waals surface area (Å²) in [5.41, 5.74) is 1.21. The van der Waals surface area contributed by atoms with E-state index in [4.69, 9.17) is 0 Å². The van der Waals surface area contributed by atoms with E-state index in [-0.39, 0.29) is 30.3 Å². The van der Waals surface area contributed by atoms with Crippen molar-refractivity contribution in [3.05, 3.63) is 29.3 Å². The van der Waals surface area contributed by atoms with Gasteiger partial charge < -0.3 is 16.0 Å². The lowest BCUT2D eigenvalue weighted by atomic mass is 9.90. The van der Waals surface area contributed by atoms with Crippen molar-refractivity contribution in [2.75, 3.05) is 11.9 Å². The van der Waals surface area contributed by atoms with E-state index in [2.05, 4.69) is 22.0 Å². The van der Waals surface area contributed by atoms with Gasteiger partial charge in [0, 0.05) is 17.3 Å². The first-order chi connectivity index (χ1) is 11.6. The van der Waals surface area contributed by atoms with Gasteiger partial charge in [-0.05, 0) is 51.3 Å².